The fourth-order valence-corrected chi connectivity index (χ4v) is 1.56. The Morgan fingerprint density at radius 1 is 1.25 bits per heavy atom. The van der Waals surface area contributed by atoms with Crippen molar-refractivity contribution in [1.29, 1.82) is 0 Å². The number of nitrogens with one attached hydrogen (secondary N) is 1. The molecule has 0 spiro atoms. The molecule has 1 rings (SSSR count). The van der Waals surface area contributed by atoms with E-state index in [1.807, 2.05) is 0 Å². The van der Waals surface area contributed by atoms with Gasteiger partial charge in [-0.1, -0.05) is 0 Å². The van der Waals surface area contributed by atoms with Crippen LogP contribution in [0.25, 0.3) is 0 Å². The molecule has 1 amide bonds. The first-order valence-electron chi connectivity index (χ1n) is 6.02. The first-order chi connectivity index (χ1) is 9.47. The first kappa shape index (κ1) is 15.7. The van der Waals surface area contributed by atoms with E-state index in [1.54, 1.807) is 18.2 Å². The predicted octanol–water partition coefficient (Wildman–Crippen LogP) is 0.729. The number of ether oxygens (including phenoxy) is 2. The van der Waals surface area contributed by atoms with Crippen molar-refractivity contribution < 1.29 is 23.9 Å². The van der Waals surface area contributed by atoms with Crippen molar-refractivity contribution in [3.8, 4) is 5.75 Å². The zero-order valence-corrected chi connectivity index (χ0v) is 11.7. The fourth-order valence-electron chi connectivity index (χ4n) is 1.56. The third kappa shape index (κ3) is 4.38. The summed E-state index contributed by atoms with van der Waals surface area (Å²) in [5, 5.41) is 2.35. The van der Waals surface area contributed by atoms with Crippen molar-refractivity contribution in [2.24, 2.45) is 0 Å². The Kier molecular flexibility index (Phi) is 5.71. The first-order valence-corrected chi connectivity index (χ1v) is 6.02. The quantitative estimate of drug-likeness (QED) is 0.613. The number of hydrogen-bond acceptors (Lipinski definition) is 5. The van der Waals surface area contributed by atoms with Gasteiger partial charge in [-0.15, -0.1) is 0 Å². The second-order valence-corrected chi connectivity index (χ2v) is 4.09. The zero-order valence-electron chi connectivity index (χ0n) is 11.7. The Morgan fingerprint density at radius 2 is 1.95 bits per heavy atom. The molecule has 0 aliphatic rings. The van der Waals surface area contributed by atoms with Gasteiger partial charge in [-0.05, 0) is 25.1 Å². The lowest BCUT2D eigenvalue weighted by atomic mass is 10.0. The van der Waals surface area contributed by atoms with Gasteiger partial charge in [0.25, 0.3) is 5.91 Å². The maximum Gasteiger partial charge on any atom is 0.310 e. The number of hydrogen-bond donors (Lipinski definition) is 1. The summed E-state index contributed by atoms with van der Waals surface area (Å²) >= 11 is 0. The summed E-state index contributed by atoms with van der Waals surface area (Å²) in [5.41, 5.74) is 1.03. The molecule has 6 nitrogen and oxygen atoms in total. The van der Waals surface area contributed by atoms with Gasteiger partial charge in [-0.3, -0.25) is 14.4 Å². The number of carbonyl (C=O) groups is 3. The molecule has 0 saturated heterocycles. The van der Waals surface area contributed by atoms with E-state index in [2.05, 4.69) is 5.32 Å². The van der Waals surface area contributed by atoms with E-state index in [1.165, 1.54) is 21.1 Å². The van der Waals surface area contributed by atoms with Crippen molar-refractivity contribution in [3.05, 3.63) is 29.3 Å². The normalized spacial score (nSPS) is 9.75. The number of methoxy groups -OCH3 is 1. The summed E-state index contributed by atoms with van der Waals surface area (Å²) < 4.78 is 9.94. The number of carbonyl (C=O) groups excluding carboxylic acids is 3. The Hall–Kier alpha value is -2.37. The van der Waals surface area contributed by atoms with Crippen molar-refractivity contribution in [3.63, 3.8) is 0 Å². The van der Waals surface area contributed by atoms with Crippen LogP contribution in [0.4, 0.5) is 0 Å². The predicted molar refractivity (Wildman–Crippen MR) is 71.7 cm³/mol. The highest BCUT2D eigenvalue weighted by atomic mass is 16.5. The Labute approximate surface area is 117 Å². The number of benzene rings is 1. The van der Waals surface area contributed by atoms with E-state index in [0.717, 1.165) is 0 Å². The van der Waals surface area contributed by atoms with Crippen LogP contribution in [0.3, 0.4) is 0 Å². The van der Waals surface area contributed by atoms with Crippen LogP contribution in [-0.2, 0) is 20.7 Å². The molecule has 0 aliphatic carbocycles. The van der Waals surface area contributed by atoms with Crippen LogP contribution in [-0.4, -0.2) is 38.4 Å². The molecule has 6 heteroatoms. The highest BCUT2D eigenvalue weighted by Crippen LogP contribution is 2.21. The number of rotatable bonds is 6. The van der Waals surface area contributed by atoms with E-state index in [4.69, 9.17) is 9.47 Å². The minimum absolute atomic E-state index is 0.0682. The van der Waals surface area contributed by atoms with Gasteiger partial charge in [0.05, 0.1) is 13.5 Å². The molecule has 0 unspecified atom stereocenters. The molecule has 1 aromatic rings. The maximum absolute atomic E-state index is 11.6. The lowest BCUT2D eigenvalue weighted by molar-refractivity contribution is -0.147. The highest BCUT2D eigenvalue weighted by Gasteiger charge is 2.13. The van der Waals surface area contributed by atoms with Crippen molar-refractivity contribution in [2.75, 3.05) is 20.8 Å². The molecule has 1 N–H and O–H groups in total. The van der Waals surface area contributed by atoms with Crippen LogP contribution in [0.2, 0.25) is 0 Å². The molecule has 0 fully saturated rings. The third-order valence-corrected chi connectivity index (χ3v) is 2.66. The van der Waals surface area contributed by atoms with Crippen LogP contribution < -0.4 is 10.1 Å². The summed E-state index contributed by atoms with van der Waals surface area (Å²) in [4.78, 5) is 33.9. The lowest BCUT2D eigenvalue weighted by Crippen LogP contribution is -2.25. The van der Waals surface area contributed by atoms with E-state index in [9.17, 15) is 14.4 Å². The molecular weight excluding hydrogens is 262 g/mol. The number of amides is 1. The van der Waals surface area contributed by atoms with E-state index in [-0.39, 0.29) is 24.7 Å². The second kappa shape index (κ2) is 7.28. The second-order valence-electron chi connectivity index (χ2n) is 4.09. The van der Waals surface area contributed by atoms with Gasteiger partial charge in [0.15, 0.2) is 12.4 Å². The SMILES string of the molecule is CNC(=O)COC(=O)Cc1cc(C(C)=O)ccc1OC. The molecule has 0 saturated carbocycles. The Morgan fingerprint density at radius 3 is 2.50 bits per heavy atom. The van der Waals surface area contributed by atoms with Gasteiger partial charge < -0.3 is 14.8 Å². The monoisotopic (exact) mass is 279 g/mol. The molecular formula is C14H17NO5. The van der Waals surface area contributed by atoms with E-state index < -0.39 is 5.97 Å². The van der Waals surface area contributed by atoms with E-state index in [0.29, 0.717) is 16.9 Å². The van der Waals surface area contributed by atoms with Crippen LogP contribution in [0, 0.1) is 0 Å². The van der Waals surface area contributed by atoms with Gasteiger partial charge in [-0.25, -0.2) is 0 Å². The molecule has 20 heavy (non-hydrogen) atoms. The van der Waals surface area contributed by atoms with Crippen LogP contribution in [0.15, 0.2) is 18.2 Å². The summed E-state index contributed by atoms with van der Waals surface area (Å²) in [6, 6.07) is 4.83. The van der Waals surface area contributed by atoms with Crippen LogP contribution in [0.5, 0.6) is 5.75 Å². The third-order valence-electron chi connectivity index (χ3n) is 2.66. The molecule has 0 aromatic heterocycles. The molecule has 0 heterocycles. The highest BCUT2D eigenvalue weighted by molar-refractivity contribution is 5.94. The van der Waals surface area contributed by atoms with Gasteiger partial charge in [-0.2, -0.15) is 0 Å². The molecule has 0 bridgehead atoms. The smallest absolute Gasteiger partial charge is 0.310 e. The van der Waals surface area contributed by atoms with Crippen LogP contribution >= 0.6 is 0 Å². The van der Waals surface area contributed by atoms with Gasteiger partial charge >= 0.3 is 5.97 Å². The molecule has 1 aromatic carbocycles. The number of esters is 1. The Balaban J connectivity index is 2.79. The van der Waals surface area contributed by atoms with Gasteiger partial charge in [0, 0.05) is 18.2 Å². The molecule has 0 radical (unpaired) electrons. The average molecular weight is 279 g/mol. The number of likely N-dealkylation sites (N-methyl/N-ethyl adjacent to an activating group) is 1. The molecule has 108 valence electrons. The standard InChI is InChI=1S/C14H17NO5/c1-9(16)10-4-5-12(19-3)11(6-10)7-14(18)20-8-13(17)15-2/h4-6H,7-8H2,1-3H3,(H,15,17). The van der Waals surface area contributed by atoms with Crippen molar-refractivity contribution in [1.82, 2.24) is 5.32 Å². The van der Waals surface area contributed by atoms with Crippen LogP contribution in [0.1, 0.15) is 22.8 Å². The maximum atomic E-state index is 11.6. The molecule has 0 aliphatic heterocycles. The summed E-state index contributed by atoms with van der Waals surface area (Å²) in [7, 11) is 2.93. The minimum Gasteiger partial charge on any atom is -0.496 e. The summed E-state index contributed by atoms with van der Waals surface area (Å²) in [6.07, 6.45) is -0.0682. The summed E-state index contributed by atoms with van der Waals surface area (Å²) in [6.45, 7) is 1.11. The summed E-state index contributed by atoms with van der Waals surface area (Å²) in [5.74, 6) is -0.560. The van der Waals surface area contributed by atoms with Gasteiger partial charge in [0.2, 0.25) is 0 Å². The average Bonchev–Trinajstić information content (AvgIpc) is 2.44. The molecule has 0 atom stereocenters. The topological polar surface area (TPSA) is 81.7 Å². The van der Waals surface area contributed by atoms with E-state index >= 15 is 0 Å². The number of Topliss-reactive ketones (excluding diaryl/α,β-unsaturated/α-hetero) is 1. The van der Waals surface area contributed by atoms with Crippen molar-refractivity contribution in [2.45, 2.75) is 13.3 Å². The van der Waals surface area contributed by atoms with Gasteiger partial charge in [0.1, 0.15) is 5.75 Å². The largest absolute Gasteiger partial charge is 0.496 e. The minimum atomic E-state index is -0.562. The van der Waals surface area contributed by atoms with Crippen molar-refractivity contribution >= 4 is 17.7 Å². The lowest BCUT2D eigenvalue weighted by Gasteiger charge is -2.09. The zero-order chi connectivity index (χ0) is 15.1. The Bertz CT molecular complexity index is 524. The fraction of sp³-hybridized carbons (Fsp3) is 0.357. The number of ketones is 1.